The van der Waals surface area contributed by atoms with E-state index in [4.69, 9.17) is 19.9 Å². The molecule has 0 heterocycles. The van der Waals surface area contributed by atoms with E-state index >= 15 is 0 Å². The van der Waals surface area contributed by atoms with Crippen molar-refractivity contribution >= 4 is 17.5 Å². The Kier molecular flexibility index (Phi) is 6.84. The lowest BCUT2D eigenvalue weighted by molar-refractivity contribution is -0.120. The van der Waals surface area contributed by atoms with Crippen molar-refractivity contribution in [2.45, 2.75) is 12.8 Å². The fourth-order valence-electron chi connectivity index (χ4n) is 2.31. The zero-order valence-corrected chi connectivity index (χ0v) is 14.8. The molecule has 0 aromatic heterocycles. The highest BCUT2D eigenvalue weighted by Crippen LogP contribution is 2.23. The topological polar surface area (TPSA) is 99.9 Å². The molecule has 2 aromatic rings. The molecule has 0 saturated carbocycles. The van der Waals surface area contributed by atoms with Crippen molar-refractivity contribution in [2.24, 2.45) is 5.73 Å². The number of nitrogens with one attached hydrogen (secondary N) is 1. The predicted octanol–water partition coefficient (Wildman–Crippen LogP) is 2.14. The molecule has 2 amide bonds. The molecule has 0 saturated heterocycles. The summed E-state index contributed by atoms with van der Waals surface area (Å²) in [7, 11) is 3.16. The summed E-state index contributed by atoms with van der Waals surface area (Å²) in [5, 5.41) is 2.80. The highest BCUT2D eigenvalue weighted by molar-refractivity contribution is 5.91. The van der Waals surface area contributed by atoms with Gasteiger partial charge in [0.2, 0.25) is 5.91 Å². The number of ether oxygens (including phenoxy) is 3. The van der Waals surface area contributed by atoms with Crippen LogP contribution in [0.15, 0.2) is 42.5 Å². The summed E-state index contributed by atoms with van der Waals surface area (Å²) in [6, 6.07) is 12.3. The van der Waals surface area contributed by atoms with Crippen LogP contribution in [0, 0.1) is 0 Å². The van der Waals surface area contributed by atoms with Gasteiger partial charge in [0.25, 0.3) is 5.91 Å². The maximum absolute atomic E-state index is 12.2. The van der Waals surface area contributed by atoms with Gasteiger partial charge in [0.15, 0.2) is 6.61 Å². The minimum Gasteiger partial charge on any atom is -0.497 e. The van der Waals surface area contributed by atoms with Gasteiger partial charge in [-0.15, -0.1) is 0 Å². The van der Waals surface area contributed by atoms with E-state index in [-0.39, 0.29) is 12.5 Å². The molecule has 0 spiro atoms. The van der Waals surface area contributed by atoms with Crippen molar-refractivity contribution in [1.82, 2.24) is 0 Å². The first-order valence-corrected chi connectivity index (χ1v) is 8.03. The minimum absolute atomic E-state index is 0.140. The average Bonchev–Trinajstić information content (AvgIpc) is 2.64. The van der Waals surface area contributed by atoms with Crippen LogP contribution in [-0.4, -0.2) is 32.6 Å². The molecule has 0 aliphatic heterocycles. The second kappa shape index (κ2) is 9.31. The molecule has 0 radical (unpaired) electrons. The summed E-state index contributed by atoms with van der Waals surface area (Å²) in [6.07, 6.45) is 0.833. The van der Waals surface area contributed by atoms with Gasteiger partial charge < -0.3 is 25.3 Å². The standard InChI is InChI=1S/C19H22N2O5/c1-24-16-8-13(9-17(11-16)25-2)6-7-19(23)21-14-4-3-5-15(10-14)26-12-18(20)22/h3-5,8-11H,6-7,12H2,1-2H3,(H2,20,22)(H,21,23). The molecule has 0 fully saturated rings. The zero-order chi connectivity index (χ0) is 18.9. The van der Waals surface area contributed by atoms with Gasteiger partial charge in [-0.05, 0) is 36.2 Å². The fourth-order valence-corrected chi connectivity index (χ4v) is 2.31. The summed E-state index contributed by atoms with van der Waals surface area (Å²) in [5.41, 5.74) is 6.57. The smallest absolute Gasteiger partial charge is 0.255 e. The molecule has 0 aliphatic carbocycles. The predicted molar refractivity (Wildman–Crippen MR) is 97.6 cm³/mol. The van der Waals surface area contributed by atoms with Crippen LogP contribution >= 0.6 is 0 Å². The molecule has 2 aromatic carbocycles. The molecule has 2 rings (SSSR count). The number of primary amides is 1. The first-order valence-electron chi connectivity index (χ1n) is 8.03. The van der Waals surface area contributed by atoms with Crippen LogP contribution in [0.2, 0.25) is 0 Å². The lowest BCUT2D eigenvalue weighted by Gasteiger charge is -2.10. The second-order valence-electron chi connectivity index (χ2n) is 5.55. The minimum atomic E-state index is -0.562. The van der Waals surface area contributed by atoms with E-state index in [2.05, 4.69) is 5.32 Å². The quantitative estimate of drug-likeness (QED) is 0.715. The molecule has 0 atom stereocenters. The molecule has 3 N–H and O–H groups in total. The Bertz CT molecular complexity index is 754. The Labute approximate surface area is 152 Å². The van der Waals surface area contributed by atoms with Crippen molar-refractivity contribution in [3.8, 4) is 17.2 Å². The largest absolute Gasteiger partial charge is 0.497 e. The third-order valence-corrected chi connectivity index (χ3v) is 3.55. The summed E-state index contributed by atoms with van der Waals surface area (Å²) >= 11 is 0. The lowest BCUT2D eigenvalue weighted by Crippen LogP contribution is -2.20. The number of hydrogen-bond acceptors (Lipinski definition) is 5. The van der Waals surface area contributed by atoms with Crippen molar-refractivity contribution in [3.63, 3.8) is 0 Å². The summed E-state index contributed by atoms with van der Waals surface area (Å²) in [4.78, 5) is 22.9. The summed E-state index contributed by atoms with van der Waals surface area (Å²) in [5.74, 6) is 1.12. The van der Waals surface area contributed by atoms with Crippen LogP contribution < -0.4 is 25.3 Å². The normalized spacial score (nSPS) is 10.1. The first-order chi connectivity index (χ1) is 12.5. The van der Waals surface area contributed by atoms with Gasteiger partial charge in [0.1, 0.15) is 17.2 Å². The van der Waals surface area contributed by atoms with Crippen LogP contribution in [0.5, 0.6) is 17.2 Å². The van der Waals surface area contributed by atoms with E-state index in [0.29, 0.717) is 35.8 Å². The van der Waals surface area contributed by atoms with Gasteiger partial charge >= 0.3 is 0 Å². The van der Waals surface area contributed by atoms with Gasteiger partial charge in [0.05, 0.1) is 14.2 Å². The van der Waals surface area contributed by atoms with E-state index in [9.17, 15) is 9.59 Å². The van der Waals surface area contributed by atoms with E-state index in [1.165, 1.54) is 0 Å². The number of carbonyl (C=O) groups excluding carboxylic acids is 2. The number of aryl methyl sites for hydroxylation is 1. The van der Waals surface area contributed by atoms with Gasteiger partial charge in [-0.2, -0.15) is 0 Å². The Morgan fingerprint density at radius 3 is 2.31 bits per heavy atom. The van der Waals surface area contributed by atoms with E-state index in [1.54, 1.807) is 44.6 Å². The molecule has 0 unspecified atom stereocenters. The van der Waals surface area contributed by atoms with Crippen LogP contribution in [0.4, 0.5) is 5.69 Å². The summed E-state index contributed by atoms with van der Waals surface area (Å²) < 4.78 is 15.7. The van der Waals surface area contributed by atoms with Crippen LogP contribution in [0.3, 0.4) is 0 Å². The van der Waals surface area contributed by atoms with Crippen molar-refractivity contribution < 1.29 is 23.8 Å². The molecular formula is C19H22N2O5. The summed E-state index contributed by atoms with van der Waals surface area (Å²) in [6.45, 7) is -0.213. The number of anilines is 1. The van der Waals surface area contributed by atoms with Gasteiger partial charge in [-0.25, -0.2) is 0 Å². The second-order valence-corrected chi connectivity index (χ2v) is 5.55. The Morgan fingerprint density at radius 1 is 1.00 bits per heavy atom. The highest BCUT2D eigenvalue weighted by atomic mass is 16.5. The van der Waals surface area contributed by atoms with Crippen LogP contribution in [-0.2, 0) is 16.0 Å². The number of benzene rings is 2. The Hall–Kier alpha value is -3.22. The molecule has 26 heavy (non-hydrogen) atoms. The molecule has 138 valence electrons. The number of hydrogen-bond donors (Lipinski definition) is 2. The lowest BCUT2D eigenvalue weighted by atomic mass is 10.1. The SMILES string of the molecule is COc1cc(CCC(=O)Nc2cccc(OCC(N)=O)c2)cc(OC)c1. The van der Waals surface area contributed by atoms with Crippen LogP contribution in [0.25, 0.3) is 0 Å². The number of rotatable bonds is 9. The van der Waals surface area contributed by atoms with Gasteiger partial charge in [-0.3, -0.25) is 9.59 Å². The number of nitrogens with two attached hydrogens (primary N) is 1. The number of carbonyl (C=O) groups is 2. The third kappa shape index (κ3) is 6.01. The molecular weight excluding hydrogens is 336 g/mol. The molecule has 0 aliphatic rings. The number of methoxy groups -OCH3 is 2. The number of amides is 2. The van der Waals surface area contributed by atoms with Crippen molar-refractivity contribution in [2.75, 3.05) is 26.1 Å². The first kappa shape index (κ1) is 19.1. The van der Waals surface area contributed by atoms with Gasteiger partial charge in [-0.1, -0.05) is 6.07 Å². The maximum atomic E-state index is 12.2. The fraction of sp³-hybridized carbons (Fsp3) is 0.263. The Morgan fingerprint density at radius 2 is 1.69 bits per heavy atom. The molecule has 7 nitrogen and oxygen atoms in total. The van der Waals surface area contributed by atoms with E-state index < -0.39 is 5.91 Å². The van der Waals surface area contributed by atoms with Crippen molar-refractivity contribution in [1.29, 1.82) is 0 Å². The zero-order valence-electron chi connectivity index (χ0n) is 14.8. The molecule has 0 bridgehead atoms. The van der Waals surface area contributed by atoms with Gasteiger partial charge in [0, 0.05) is 24.2 Å². The average molecular weight is 358 g/mol. The van der Waals surface area contributed by atoms with Crippen molar-refractivity contribution in [3.05, 3.63) is 48.0 Å². The molecule has 7 heteroatoms. The Balaban J connectivity index is 1.93. The monoisotopic (exact) mass is 358 g/mol. The highest BCUT2D eigenvalue weighted by Gasteiger charge is 2.07. The maximum Gasteiger partial charge on any atom is 0.255 e. The van der Waals surface area contributed by atoms with E-state index in [1.807, 2.05) is 12.1 Å². The van der Waals surface area contributed by atoms with Crippen LogP contribution in [0.1, 0.15) is 12.0 Å². The van der Waals surface area contributed by atoms with E-state index in [0.717, 1.165) is 5.56 Å². The third-order valence-electron chi connectivity index (χ3n) is 3.55.